The average Bonchev–Trinajstić information content (AvgIpc) is 3.25. The van der Waals surface area contributed by atoms with Crippen molar-refractivity contribution in [3.8, 4) is 5.75 Å². The van der Waals surface area contributed by atoms with Crippen molar-refractivity contribution in [2.24, 2.45) is 0 Å². The standard InChI is InChI=1S/C22H27N5O3S2/c1-3-11-27-20(29)18-19(24-21(32-18)26-12-7-4-8-13-26)25-22(27)31-14-17(28)23-15-9-5-6-10-16(15)30-2/h5-6,9-10H,3-4,7-8,11-14H2,1-2H3,(H,23,28). The zero-order valence-electron chi connectivity index (χ0n) is 18.3. The molecule has 1 aliphatic heterocycles. The van der Waals surface area contributed by atoms with E-state index in [9.17, 15) is 9.59 Å². The number of nitrogens with zero attached hydrogens (tertiary/aromatic N) is 4. The molecule has 10 heteroatoms. The number of hydrogen-bond donors (Lipinski definition) is 1. The molecule has 1 fully saturated rings. The second-order valence-electron chi connectivity index (χ2n) is 7.59. The minimum absolute atomic E-state index is 0.0785. The van der Waals surface area contributed by atoms with Crippen LogP contribution < -0.4 is 20.5 Å². The monoisotopic (exact) mass is 473 g/mol. The summed E-state index contributed by atoms with van der Waals surface area (Å²) < 4.78 is 7.54. The highest BCUT2D eigenvalue weighted by molar-refractivity contribution is 7.99. The van der Waals surface area contributed by atoms with Gasteiger partial charge in [0.25, 0.3) is 5.56 Å². The first-order valence-corrected chi connectivity index (χ1v) is 12.6. The molecule has 0 saturated carbocycles. The predicted molar refractivity (Wildman–Crippen MR) is 130 cm³/mol. The molecule has 0 spiro atoms. The number of fused-ring (bicyclic) bond motifs is 1. The van der Waals surface area contributed by atoms with E-state index in [1.807, 2.05) is 19.1 Å². The van der Waals surface area contributed by atoms with Crippen LogP contribution in [0.3, 0.4) is 0 Å². The first-order valence-electron chi connectivity index (χ1n) is 10.8. The van der Waals surface area contributed by atoms with E-state index in [0.717, 1.165) is 37.5 Å². The lowest BCUT2D eigenvalue weighted by molar-refractivity contribution is -0.113. The third-order valence-corrected chi connectivity index (χ3v) is 7.33. The summed E-state index contributed by atoms with van der Waals surface area (Å²) in [7, 11) is 1.56. The summed E-state index contributed by atoms with van der Waals surface area (Å²) in [5.41, 5.74) is 1.01. The van der Waals surface area contributed by atoms with Gasteiger partial charge in [0.2, 0.25) is 5.91 Å². The molecule has 1 saturated heterocycles. The number of hydrogen-bond acceptors (Lipinski definition) is 8. The smallest absolute Gasteiger partial charge is 0.273 e. The average molecular weight is 474 g/mol. The minimum Gasteiger partial charge on any atom is -0.495 e. The van der Waals surface area contributed by atoms with Crippen molar-refractivity contribution in [2.75, 3.05) is 36.2 Å². The highest BCUT2D eigenvalue weighted by Gasteiger charge is 2.20. The van der Waals surface area contributed by atoms with Crippen LogP contribution in [0, 0.1) is 0 Å². The second-order valence-corrected chi connectivity index (χ2v) is 9.51. The first kappa shape index (κ1) is 22.6. The highest BCUT2D eigenvalue weighted by atomic mass is 32.2. The number of thiazole rings is 1. The van der Waals surface area contributed by atoms with E-state index in [1.165, 1.54) is 29.5 Å². The number of thioether (sulfide) groups is 1. The van der Waals surface area contributed by atoms with Crippen LogP contribution >= 0.6 is 23.1 Å². The SMILES string of the molecule is CCCn1c(SCC(=O)Nc2ccccc2OC)nc2nc(N3CCCCC3)sc2c1=O. The molecule has 3 heterocycles. The van der Waals surface area contributed by atoms with Crippen LogP contribution in [0.5, 0.6) is 5.75 Å². The molecule has 170 valence electrons. The molecule has 8 nitrogen and oxygen atoms in total. The van der Waals surface area contributed by atoms with E-state index in [1.54, 1.807) is 23.8 Å². The summed E-state index contributed by atoms with van der Waals surface area (Å²) in [6.07, 6.45) is 4.32. The summed E-state index contributed by atoms with van der Waals surface area (Å²) in [5, 5.41) is 4.25. The lowest BCUT2D eigenvalue weighted by Gasteiger charge is -2.25. The Kier molecular flexibility index (Phi) is 7.31. The fraction of sp³-hybridized carbons (Fsp3) is 0.455. The third kappa shape index (κ3) is 4.91. The fourth-order valence-corrected chi connectivity index (χ4v) is 5.51. The van der Waals surface area contributed by atoms with E-state index >= 15 is 0 Å². The van der Waals surface area contributed by atoms with E-state index in [4.69, 9.17) is 4.74 Å². The number of benzene rings is 1. The van der Waals surface area contributed by atoms with Gasteiger partial charge in [-0.15, -0.1) is 0 Å². The Morgan fingerprint density at radius 1 is 1.22 bits per heavy atom. The molecular formula is C22H27N5O3S2. The van der Waals surface area contributed by atoms with Gasteiger partial charge in [-0.05, 0) is 37.8 Å². The Morgan fingerprint density at radius 2 is 2.00 bits per heavy atom. The molecule has 4 rings (SSSR count). The van der Waals surface area contributed by atoms with Gasteiger partial charge in [0.15, 0.2) is 15.9 Å². The molecule has 1 aliphatic rings. The van der Waals surface area contributed by atoms with Crippen molar-refractivity contribution >= 4 is 50.2 Å². The Balaban J connectivity index is 1.56. The van der Waals surface area contributed by atoms with Crippen LogP contribution in [0.25, 0.3) is 10.3 Å². The number of carbonyl (C=O) groups is 1. The third-order valence-electron chi connectivity index (χ3n) is 5.26. The molecule has 3 aromatic rings. The quantitative estimate of drug-likeness (QED) is 0.391. The fourth-order valence-electron chi connectivity index (χ4n) is 3.69. The largest absolute Gasteiger partial charge is 0.495 e. The highest BCUT2D eigenvalue weighted by Crippen LogP contribution is 2.29. The number of anilines is 2. The number of piperidine rings is 1. The van der Waals surface area contributed by atoms with E-state index in [-0.39, 0.29) is 17.2 Å². The normalized spacial score (nSPS) is 14.0. The Morgan fingerprint density at radius 3 is 2.75 bits per heavy atom. The summed E-state index contributed by atoms with van der Waals surface area (Å²) in [6.45, 7) is 4.50. The number of rotatable bonds is 8. The van der Waals surface area contributed by atoms with Crippen molar-refractivity contribution in [3.63, 3.8) is 0 Å². The number of nitrogens with one attached hydrogen (secondary N) is 1. The number of ether oxygens (including phenoxy) is 1. The molecule has 0 radical (unpaired) electrons. The van der Waals surface area contributed by atoms with Gasteiger partial charge in [-0.2, -0.15) is 4.98 Å². The Bertz CT molecular complexity index is 1150. The van der Waals surface area contributed by atoms with Gasteiger partial charge in [-0.3, -0.25) is 14.2 Å². The summed E-state index contributed by atoms with van der Waals surface area (Å²) >= 11 is 2.68. The van der Waals surface area contributed by atoms with Gasteiger partial charge in [-0.1, -0.05) is 42.2 Å². The molecule has 0 atom stereocenters. The maximum atomic E-state index is 13.2. The van der Waals surface area contributed by atoms with Gasteiger partial charge in [-0.25, -0.2) is 4.98 Å². The molecule has 1 aromatic carbocycles. The minimum atomic E-state index is -0.191. The maximum Gasteiger partial charge on any atom is 0.273 e. The van der Waals surface area contributed by atoms with Gasteiger partial charge in [0, 0.05) is 19.6 Å². The predicted octanol–water partition coefficient (Wildman–Crippen LogP) is 3.99. The molecule has 0 aliphatic carbocycles. The number of carbonyl (C=O) groups excluding carboxylic acids is 1. The van der Waals surface area contributed by atoms with E-state index in [2.05, 4.69) is 20.2 Å². The molecule has 1 amide bonds. The molecule has 0 bridgehead atoms. The maximum absolute atomic E-state index is 13.2. The number of methoxy groups -OCH3 is 1. The molecule has 0 unspecified atom stereocenters. The Hall–Kier alpha value is -2.59. The molecular weight excluding hydrogens is 446 g/mol. The van der Waals surface area contributed by atoms with Crippen molar-refractivity contribution in [1.82, 2.24) is 14.5 Å². The summed E-state index contributed by atoms with van der Waals surface area (Å²) in [5.74, 6) is 0.535. The van der Waals surface area contributed by atoms with Crippen LogP contribution in [0.1, 0.15) is 32.6 Å². The number of aromatic nitrogens is 3. The number of para-hydroxylation sites is 2. The van der Waals surface area contributed by atoms with Crippen LogP contribution in [0.2, 0.25) is 0 Å². The van der Waals surface area contributed by atoms with Crippen molar-refractivity contribution in [3.05, 3.63) is 34.6 Å². The van der Waals surface area contributed by atoms with Gasteiger partial charge < -0.3 is 15.0 Å². The van der Waals surface area contributed by atoms with Crippen LogP contribution in [0.4, 0.5) is 10.8 Å². The summed E-state index contributed by atoms with van der Waals surface area (Å²) in [6, 6.07) is 7.26. The molecule has 2 aromatic heterocycles. The molecule has 32 heavy (non-hydrogen) atoms. The van der Waals surface area contributed by atoms with Gasteiger partial charge in [0.05, 0.1) is 18.6 Å². The first-order chi connectivity index (χ1) is 15.6. The van der Waals surface area contributed by atoms with Crippen molar-refractivity contribution in [1.29, 1.82) is 0 Å². The van der Waals surface area contributed by atoms with Crippen LogP contribution in [-0.2, 0) is 11.3 Å². The van der Waals surface area contributed by atoms with Crippen LogP contribution in [-0.4, -0.2) is 46.4 Å². The van der Waals surface area contributed by atoms with Crippen LogP contribution in [0.15, 0.2) is 34.2 Å². The van der Waals surface area contributed by atoms with Crippen molar-refractivity contribution in [2.45, 2.75) is 44.3 Å². The van der Waals surface area contributed by atoms with E-state index in [0.29, 0.717) is 33.5 Å². The lowest BCUT2D eigenvalue weighted by atomic mass is 10.1. The zero-order valence-corrected chi connectivity index (χ0v) is 19.9. The van der Waals surface area contributed by atoms with Gasteiger partial charge in [0.1, 0.15) is 10.4 Å². The van der Waals surface area contributed by atoms with Gasteiger partial charge >= 0.3 is 0 Å². The second kappa shape index (κ2) is 10.4. The number of amides is 1. The lowest BCUT2D eigenvalue weighted by Crippen LogP contribution is -2.29. The topological polar surface area (TPSA) is 89.3 Å². The van der Waals surface area contributed by atoms with E-state index < -0.39 is 0 Å². The summed E-state index contributed by atoms with van der Waals surface area (Å²) in [4.78, 5) is 37.3. The van der Waals surface area contributed by atoms with Crippen molar-refractivity contribution < 1.29 is 9.53 Å². The zero-order chi connectivity index (χ0) is 22.5. The Labute approximate surface area is 195 Å². The molecule has 1 N–H and O–H groups in total.